The molecule has 0 heterocycles. The van der Waals surface area contributed by atoms with Gasteiger partial charge in [-0.2, -0.15) is 0 Å². The van der Waals surface area contributed by atoms with Gasteiger partial charge in [0.25, 0.3) is 0 Å². The molecular formula is C11H24N2O4S. The zero-order valence-corrected chi connectivity index (χ0v) is 12.2. The van der Waals surface area contributed by atoms with E-state index < -0.39 is 21.5 Å². The molecule has 0 aliphatic carbocycles. The minimum Gasteiger partial charge on any atom is -0.396 e. The summed E-state index contributed by atoms with van der Waals surface area (Å²) in [6.45, 7) is 2.60. The highest BCUT2D eigenvalue weighted by molar-refractivity contribution is 7.92. The molecule has 0 aromatic rings. The van der Waals surface area contributed by atoms with Crippen LogP contribution in [0.5, 0.6) is 0 Å². The smallest absolute Gasteiger partial charge is 0.237 e. The Morgan fingerprint density at radius 1 is 1.39 bits per heavy atom. The zero-order valence-electron chi connectivity index (χ0n) is 11.3. The summed E-state index contributed by atoms with van der Waals surface area (Å²) >= 11 is 0. The summed E-state index contributed by atoms with van der Waals surface area (Å²) in [5.41, 5.74) is 0. The van der Waals surface area contributed by atoms with Gasteiger partial charge in [-0.3, -0.25) is 4.79 Å². The van der Waals surface area contributed by atoms with Crippen LogP contribution in [-0.4, -0.2) is 69.1 Å². The van der Waals surface area contributed by atoms with E-state index in [0.29, 0.717) is 13.0 Å². The third-order valence-corrected chi connectivity index (χ3v) is 4.05. The Morgan fingerprint density at radius 3 is 2.44 bits per heavy atom. The molecule has 0 rings (SSSR count). The Labute approximate surface area is 109 Å². The molecule has 6 nitrogen and oxygen atoms in total. The maximum Gasteiger partial charge on any atom is 0.237 e. The minimum absolute atomic E-state index is 0.0709. The second-order valence-electron chi connectivity index (χ2n) is 4.51. The van der Waals surface area contributed by atoms with E-state index in [1.807, 2.05) is 6.92 Å². The summed E-state index contributed by atoms with van der Waals surface area (Å²) in [7, 11) is -0.390. The van der Waals surface area contributed by atoms with Gasteiger partial charge in [0.05, 0.1) is 5.75 Å². The number of hydrogen-bond donors (Lipinski definition) is 2. The van der Waals surface area contributed by atoms with Crippen LogP contribution in [0.15, 0.2) is 0 Å². The normalized spacial score (nSPS) is 13.3. The molecule has 18 heavy (non-hydrogen) atoms. The third-order valence-electron chi connectivity index (χ3n) is 2.46. The van der Waals surface area contributed by atoms with Gasteiger partial charge in [0.2, 0.25) is 5.91 Å². The fraction of sp³-hybridized carbons (Fsp3) is 0.909. The van der Waals surface area contributed by atoms with Crippen molar-refractivity contribution in [3.05, 3.63) is 0 Å². The van der Waals surface area contributed by atoms with E-state index in [1.54, 1.807) is 0 Å². The van der Waals surface area contributed by atoms with Crippen molar-refractivity contribution in [2.45, 2.75) is 25.8 Å². The fourth-order valence-corrected chi connectivity index (χ4v) is 3.08. The summed E-state index contributed by atoms with van der Waals surface area (Å²) in [4.78, 5) is 12.7. The highest BCUT2D eigenvalue weighted by Gasteiger charge is 2.22. The highest BCUT2D eigenvalue weighted by Crippen LogP contribution is 2.01. The lowest BCUT2D eigenvalue weighted by Crippen LogP contribution is -2.40. The molecule has 0 saturated heterocycles. The molecule has 0 spiro atoms. The topological polar surface area (TPSA) is 86.7 Å². The van der Waals surface area contributed by atoms with E-state index in [1.165, 1.54) is 19.0 Å². The zero-order chi connectivity index (χ0) is 14.2. The van der Waals surface area contributed by atoms with E-state index in [-0.39, 0.29) is 18.4 Å². The Morgan fingerprint density at radius 2 is 2.00 bits per heavy atom. The van der Waals surface area contributed by atoms with Gasteiger partial charge in [0.1, 0.15) is 5.75 Å². The molecular weight excluding hydrogens is 256 g/mol. The van der Waals surface area contributed by atoms with Crippen LogP contribution in [0.1, 0.15) is 19.8 Å². The maximum absolute atomic E-state index is 11.8. The molecule has 0 aliphatic rings. The lowest BCUT2D eigenvalue weighted by molar-refractivity contribution is -0.125. The molecule has 1 atom stereocenters. The molecule has 1 amide bonds. The molecule has 1 unspecified atom stereocenters. The largest absolute Gasteiger partial charge is 0.396 e. The van der Waals surface area contributed by atoms with Gasteiger partial charge in [0, 0.05) is 26.7 Å². The van der Waals surface area contributed by atoms with Crippen molar-refractivity contribution in [3.63, 3.8) is 0 Å². The Bertz CT molecular complexity index is 341. The number of aliphatic hydroxyl groups excluding tert-OH is 1. The lowest BCUT2D eigenvalue weighted by Gasteiger charge is -2.18. The highest BCUT2D eigenvalue weighted by atomic mass is 32.2. The first-order valence-electron chi connectivity index (χ1n) is 6.07. The van der Waals surface area contributed by atoms with Crippen LogP contribution in [0.25, 0.3) is 0 Å². The van der Waals surface area contributed by atoms with Gasteiger partial charge in [-0.25, -0.2) is 8.42 Å². The predicted molar refractivity (Wildman–Crippen MR) is 71.1 cm³/mol. The van der Waals surface area contributed by atoms with Gasteiger partial charge in [-0.15, -0.1) is 0 Å². The molecule has 0 aromatic heterocycles. The first-order chi connectivity index (χ1) is 8.32. The predicted octanol–water partition coefficient (Wildman–Crippen LogP) is -0.760. The molecule has 0 fully saturated rings. The number of aliphatic hydroxyl groups is 1. The quantitative estimate of drug-likeness (QED) is 0.580. The minimum atomic E-state index is -3.44. The molecule has 108 valence electrons. The molecule has 0 aliphatic heterocycles. The second-order valence-corrected chi connectivity index (χ2v) is 6.62. The Hall–Kier alpha value is -0.660. The van der Waals surface area contributed by atoms with Gasteiger partial charge < -0.3 is 15.3 Å². The average Bonchev–Trinajstić information content (AvgIpc) is 2.24. The van der Waals surface area contributed by atoms with E-state index in [2.05, 4.69) is 5.32 Å². The monoisotopic (exact) mass is 280 g/mol. The summed E-state index contributed by atoms with van der Waals surface area (Å²) < 4.78 is 23.6. The van der Waals surface area contributed by atoms with Crippen molar-refractivity contribution in [2.75, 3.05) is 38.8 Å². The van der Waals surface area contributed by atoms with E-state index in [9.17, 15) is 13.2 Å². The maximum atomic E-state index is 11.8. The number of amides is 1. The van der Waals surface area contributed by atoms with Crippen LogP contribution in [0.2, 0.25) is 0 Å². The number of hydrogen-bond acceptors (Lipinski definition) is 5. The van der Waals surface area contributed by atoms with Gasteiger partial charge in [-0.05, 0) is 19.4 Å². The summed E-state index contributed by atoms with van der Waals surface area (Å²) in [6.07, 6.45) is 1.26. The molecule has 7 heteroatoms. The molecule has 2 N–H and O–H groups in total. The van der Waals surface area contributed by atoms with Crippen molar-refractivity contribution in [1.29, 1.82) is 0 Å². The number of carbonyl (C=O) groups is 1. The van der Waals surface area contributed by atoms with Gasteiger partial charge in [0.15, 0.2) is 9.84 Å². The van der Waals surface area contributed by atoms with E-state index in [0.717, 1.165) is 6.42 Å². The summed E-state index contributed by atoms with van der Waals surface area (Å²) in [6, 6.07) is -0.296. The molecule has 0 saturated carbocycles. The van der Waals surface area contributed by atoms with Crippen LogP contribution >= 0.6 is 0 Å². The van der Waals surface area contributed by atoms with Gasteiger partial charge in [-0.1, -0.05) is 6.92 Å². The first kappa shape index (κ1) is 17.3. The SMILES string of the molecule is CCCNC(CCO)CS(=O)(=O)CC(=O)N(C)C. The number of nitrogens with one attached hydrogen (secondary N) is 1. The van der Waals surface area contributed by atoms with Crippen molar-refractivity contribution in [2.24, 2.45) is 0 Å². The molecule has 0 aromatic carbocycles. The summed E-state index contributed by atoms with van der Waals surface area (Å²) in [5, 5.41) is 12.0. The molecule has 0 bridgehead atoms. The van der Waals surface area contributed by atoms with Crippen LogP contribution < -0.4 is 5.32 Å². The van der Waals surface area contributed by atoms with E-state index in [4.69, 9.17) is 5.11 Å². The van der Waals surface area contributed by atoms with Crippen LogP contribution in [0, 0.1) is 0 Å². The average molecular weight is 280 g/mol. The van der Waals surface area contributed by atoms with Crippen LogP contribution in [0.4, 0.5) is 0 Å². The van der Waals surface area contributed by atoms with Crippen LogP contribution in [0.3, 0.4) is 0 Å². The standard InChI is InChI=1S/C11H24N2O4S/c1-4-6-12-10(5-7-14)8-18(16,17)9-11(15)13(2)3/h10,12,14H,4-9H2,1-3H3. The van der Waals surface area contributed by atoms with Crippen molar-refractivity contribution >= 4 is 15.7 Å². The van der Waals surface area contributed by atoms with Crippen molar-refractivity contribution in [1.82, 2.24) is 10.2 Å². The van der Waals surface area contributed by atoms with Gasteiger partial charge >= 0.3 is 0 Å². The fourth-order valence-electron chi connectivity index (χ4n) is 1.43. The van der Waals surface area contributed by atoms with Crippen molar-refractivity contribution in [3.8, 4) is 0 Å². The molecule has 0 radical (unpaired) electrons. The van der Waals surface area contributed by atoms with Crippen LogP contribution in [-0.2, 0) is 14.6 Å². The lowest BCUT2D eigenvalue weighted by atomic mass is 10.2. The summed E-state index contributed by atoms with van der Waals surface area (Å²) in [5.74, 6) is -1.02. The third kappa shape index (κ3) is 7.62. The van der Waals surface area contributed by atoms with Crippen molar-refractivity contribution < 1.29 is 18.3 Å². The number of rotatable bonds is 9. The first-order valence-corrected chi connectivity index (χ1v) is 7.89. The Balaban J connectivity index is 4.45. The Kier molecular flexibility index (Phi) is 8.13. The number of sulfone groups is 1. The van der Waals surface area contributed by atoms with E-state index >= 15 is 0 Å². The number of carbonyl (C=O) groups excluding carboxylic acids is 1. The number of nitrogens with zero attached hydrogens (tertiary/aromatic N) is 1. The second kappa shape index (κ2) is 8.44.